The molecule has 0 aromatic rings. The van der Waals surface area contributed by atoms with Crippen LogP contribution in [-0.2, 0) is 4.79 Å². The maximum Gasteiger partial charge on any atom is 0.321 e. The predicted octanol–water partition coefficient (Wildman–Crippen LogP) is 0.630. The van der Waals surface area contributed by atoms with Gasteiger partial charge in [0.1, 0.15) is 5.38 Å². The molecule has 0 unspecified atom stereocenters. The fourth-order valence-electron chi connectivity index (χ4n) is 0.495. The molecule has 0 aliphatic carbocycles. The van der Waals surface area contributed by atoms with E-state index in [0.717, 1.165) is 0 Å². The minimum atomic E-state index is -0.941. The molecule has 10 heavy (non-hydrogen) atoms. The van der Waals surface area contributed by atoms with Crippen LogP contribution in [0.1, 0.15) is 6.42 Å². The van der Waals surface area contributed by atoms with Crippen molar-refractivity contribution in [3.05, 3.63) is 0 Å². The molecule has 4 heteroatoms. The van der Waals surface area contributed by atoms with Crippen LogP contribution in [-0.4, -0.2) is 42.0 Å². The molecule has 0 aliphatic rings. The highest BCUT2D eigenvalue weighted by Crippen LogP contribution is 2.01. The largest absolute Gasteiger partial charge is 0.480 e. The van der Waals surface area contributed by atoms with Crippen molar-refractivity contribution in [2.75, 3.05) is 20.6 Å². The van der Waals surface area contributed by atoms with Crippen molar-refractivity contribution in [2.24, 2.45) is 0 Å². The molecule has 0 radical (unpaired) electrons. The number of hydrogen-bond donors (Lipinski definition) is 1. The number of rotatable bonds is 4. The summed E-state index contributed by atoms with van der Waals surface area (Å²) in [6.07, 6.45) is 0.490. The standard InChI is InChI=1S/C6H12ClNO2/c1-8(2)4-3-5(7)6(9)10/h5H,3-4H2,1-2H3,(H,9,10)/t5-/m1/s1. The summed E-state index contributed by atoms with van der Waals surface area (Å²) in [5.41, 5.74) is 0. The third-order valence-corrected chi connectivity index (χ3v) is 1.50. The van der Waals surface area contributed by atoms with Gasteiger partial charge in [-0.25, -0.2) is 0 Å². The lowest BCUT2D eigenvalue weighted by atomic mass is 10.3. The van der Waals surface area contributed by atoms with Crippen molar-refractivity contribution in [2.45, 2.75) is 11.8 Å². The molecule has 0 saturated carbocycles. The van der Waals surface area contributed by atoms with E-state index in [9.17, 15) is 4.79 Å². The maximum atomic E-state index is 10.2. The quantitative estimate of drug-likeness (QED) is 0.622. The van der Waals surface area contributed by atoms with E-state index in [1.807, 2.05) is 19.0 Å². The Kier molecular flexibility index (Phi) is 4.40. The van der Waals surface area contributed by atoms with Crippen LogP contribution >= 0.6 is 11.6 Å². The van der Waals surface area contributed by atoms with Gasteiger partial charge in [0.15, 0.2) is 0 Å². The average molecular weight is 166 g/mol. The highest BCUT2D eigenvalue weighted by atomic mass is 35.5. The predicted molar refractivity (Wildman–Crippen MR) is 40.4 cm³/mol. The Morgan fingerprint density at radius 2 is 2.20 bits per heavy atom. The van der Waals surface area contributed by atoms with Crippen molar-refractivity contribution in [1.29, 1.82) is 0 Å². The number of halogens is 1. The van der Waals surface area contributed by atoms with Crippen molar-refractivity contribution in [1.82, 2.24) is 4.90 Å². The van der Waals surface area contributed by atoms with Crippen LogP contribution in [0.15, 0.2) is 0 Å². The first-order chi connectivity index (χ1) is 4.54. The summed E-state index contributed by atoms with van der Waals surface area (Å²) in [6.45, 7) is 0.709. The van der Waals surface area contributed by atoms with Gasteiger partial charge in [0.25, 0.3) is 0 Å². The molecule has 0 heterocycles. The summed E-state index contributed by atoms with van der Waals surface area (Å²) in [5, 5.41) is 7.60. The zero-order valence-electron chi connectivity index (χ0n) is 6.17. The number of carboxylic acids is 1. The van der Waals surface area contributed by atoms with Gasteiger partial charge in [0.2, 0.25) is 0 Å². The van der Waals surface area contributed by atoms with E-state index >= 15 is 0 Å². The van der Waals surface area contributed by atoms with E-state index in [2.05, 4.69) is 0 Å². The van der Waals surface area contributed by atoms with Gasteiger partial charge in [-0.1, -0.05) is 0 Å². The van der Waals surface area contributed by atoms with Crippen molar-refractivity contribution < 1.29 is 9.90 Å². The summed E-state index contributed by atoms with van der Waals surface area (Å²) >= 11 is 5.43. The van der Waals surface area contributed by atoms with E-state index in [-0.39, 0.29) is 0 Å². The van der Waals surface area contributed by atoms with Gasteiger partial charge in [0.05, 0.1) is 0 Å². The van der Waals surface area contributed by atoms with Gasteiger partial charge in [-0.05, 0) is 27.1 Å². The van der Waals surface area contributed by atoms with Crippen molar-refractivity contribution >= 4 is 17.6 Å². The van der Waals surface area contributed by atoms with Crippen molar-refractivity contribution in [3.63, 3.8) is 0 Å². The third-order valence-electron chi connectivity index (χ3n) is 1.10. The van der Waals surface area contributed by atoms with Gasteiger partial charge in [0, 0.05) is 0 Å². The van der Waals surface area contributed by atoms with Crippen molar-refractivity contribution in [3.8, 4) is 0 Å². The molecule has 0 spiro atoms. The molecule has 3 nitrogen and oxygen atoms in total. The Morgan fingerprint density at radius 3 is 2.50 bits per heavy atom. The van der Waals surface area contributed by atoms with Crippen LogP contribution in [0.5, 0.6) is 0 Å². The Balaban J connectivity index is 3.40. The lowest BCUT2D eigenvalue weighted by molar-refractivity contribution is -0.136. The minimum Gasteiger partial charge on any atom is -0.480 e. The second-order valence-corrected chi connectivity index (χ2v) is 2.92. The van der Waals surface area contributed by atoms with Gasteiger partial charge < -0.3 is 10.0 Å². The SMILES string of the molecule is CN(C)CC[C@@H](Cl)C(=O)O. The fraction of sp³-hybridized carbons (Fsp3) is 0.833. The molecule has 1 atom stereocenters. The number of nitrogens with zero attached hydrogens (tertiary/aromatic N) is 1. The van der Waals surface area contributed by atoms with E-state index < -0.39 is 11.3 Å². The third kappa shape index (κ3) is 4.58. The Morgan fingerprint density at radius 1 is 1.70 bits per heavy atom. The highest BCUT2D eigenvalue weighted by Gasteiger charge is 2.12. The van der Waals surface area contributed by atoms with E-state index in [1.165, 1.54) is 0 Å². The zero-order chi connectivity index (χ0) is 8.15. The molecule has 0 fully saturated rings. The number of aliphatic carboxylic acids is 1. The van der Waals surface area contributed by atoms with Crippen LogP contribution < -0.4 is 0 Å². The molecule has 0 rings (SSSR count). The van der Waals surface area contributed by atoms with Gasteiger partial charge in [-0.2, -0.15) is 0 Å². The molecule has 0 bridgehead atoms. The molecular weight excluding hydrogens is 154 g/mol. The molecular formula is C6H12ClNO2. The number of carboxylic acid groups (broad SMARTS) is 1. The number of carbonyl (C=O) groups is 1. The molecule has 1 N–H and O–H groups in total. The minimum absolute atomic E-state index is 0.490. The van der Waals surface area contributed by atoms with E-state index in [4.69, 9.17) is 16.7 Å². The first-order valence-corrected chi connectivity index (χ1v) is 3.49. The van der Waals surface area contributed by atoms with Crippen LogP contribution in [0, 0.1) is 0 Å². The lowest BCUT2D eigenvalue weighted by Crippen LogP contribution is -2.21. The maximum absolute atomic E-state index is 10.2. The summed E-state index contributed by atoms with van der Waals surface area (Å²) in [7, 11) is 3.76. The highest BCUT2D eigenvalue weighted by molar-refractivity contribution is 6.29. The summed E-state index contributed by atoms with van der Waals surface area (Å²) in [4.78, 5) is 12.1. The average Bonchev–Trinajstić information content (AvgIpc) is 1.82. The number of alkyl halides is 1. The van der Waals surface area contributed by atoms with Crippen LogP contribution in [0.2, 0.25) is 0 Å². The fourth-order valence-corrected chi connectivity index (χ4v) is 0.593. The second kappa shape index (κ2) is 4.52. The first-order valence-electron chi connectivity index (χ1n) is 3.05. The summed E-state index contributed by atoms with van der Waals surface area (Å²) in [6, 6.07) is 0. The molecule has 0 saturated heterocycles. The summed E-state index contributed by atoms with van der Waals surface area (Å²) in [5.74, 6) is -0.941. The monoisotopic (exact) mass is 165 g/mol. The number of hydrogen-bond acceptors (Lipinski definition) is 2. The first kappa shape index (κ1) is 9.72. The normalized spacial score (nSPS) is 13.6. The van der Waals surface area contributed by atoms with Gasteiger partial charge in [-0.3, -0.25) is 4.79 Å². The van der Waals surface area contributed by atoms with Crippen LogP contribution in [0.25, 0.3) is 0 Å². The van der Waals surface area contributed by atoms with Crippen LogP contribution in [0.4, 0.5) is 0 Å². The zero-order valence-corrected chi connectivity index (χ0v) is 6.93. The molecule has 0 aliphatic heterocycles. The Labute approximate surface area is 65.6 Å². The Hall–Kier alpha value is -0.280. The van der Waals surface area contributed by atoms with E-state index in [0.29, 0.717) is 13.0 Å². The van der Waals surface area contributed by atoms with E-state index in [1.54, 1.807) is 0 Å². The van der Waals surface area contributed by atoms with Gasteiger partial charge in [-0.15, -0.1) is 11.6 Å². The van der Waals surface area contributed by atoms with Gasteiger partial charge >= 0.3 is 5.97 Å². The molecule has 60 valence electrons. The summed E-state index contributed by atoms with van der Waals surface area (Å²) < 4.78 is 0. The molecule has 0 aromatic carbocycles. The second-order valence-electron chi connectivity index (χ2n) is 2.40. The smallest absolute Gasteiger partial charge is 0.321 e. The Bertz CT molecular complexity index is 116. The van der Waals surface area contributed by atoms with Crippen LogP contribution in [0.3, 0.4) is 0 Å². The topological polar surface area (TPSA) is 40.5 Å². The molecule has 0 amide bonds. The molecule has 0 aromatic heterocycles. The lowest BCUT2D eigenvalue weighted by Gasteiger charge is -2.09.